The van der Waals surface area contributed by atoms with Crippen molar-refractivity contribution < 1.29 is 37.6 Å². The molecule has 0 unspecified atom stereocenters. The number of hydrogen-bond acceptors (Lipinski definition) is 4. The van der Waals surface area contributed by atoms with Crippen molar-refractivity contribution in [1.82, 2.24) is 0 Å². The van der Waals surface area contributed by atoms with Crippen molar-refractivity contribution in [2.24, 2.45) is 0 Å². The van der Waals surface area contributed by atoms with E-state index in [1.165, 1.54) is 0 Å². The van der Waals surface area contributed by atoms with Crippen molar-refractivity contribution in [3.05, 3.63) is 39.7 Å². The second kappa shape index (κ2) is 8.71. The number of benzene rings is 1. The summed E-state index contributed by atoms with van der Waals surface area (Å²) in [6, 6.07) is 6.20. The molecule has 0 spiro atoms. The summed E-state index contributed by atoms with van der Waals surface area (Å²) in [5, 5.41) is 1.03. The summed E-state index contributed by atoms with van der Waals surface area (Å²) in [6.45, 7) is 12.2. The minimum atomic E-state index is -0.201. The number of aryl methyl sites for hydroxylation is 1. The van der Waals surface area contributed by atoms with Crippen LogP contribution in [0, 0.1) is 6.92 Å². The van der Waals surface area contributed by atoms with E-state index in [1.807, 2.05) is 13.0 Å². The standard InChI is InChI=1S/C20H29N2O3.HI/c1-5-21(6-2)16-7-8-17-15(3)18(20(23)25-19(17)13-16)14-22(4)9-11-24-12-10-22;/h7-8,13H,5-6,9-12,14H2,1-4H3;1H/q+1;/p-1. The Labute approximate surface area is 172 Å². The fraction of sp³-hybridized carbons (Fsp3) is 0.550. The van der Waals surface area contributed by atoms with Gasteiger partial charge in [-0.1, -0.05) is 0 Å². The van der Waals surface area contributed by atoms with Crippen LogP contribution in [0.25, 0.3) is 11.0 Å². The Bertz CT molecular complexity index is 809. The molecular formula is C20H29IN2O3. The van der Waals surface area contributed by atoms with E-state index in [-0.39, 0.29) is 29.6 Å². The van der Waals surface area contributed by atoms with Gasteiger partial charge in [-0.25, -0.2) is 4.79 Å². The van der Waals surface area contributed by atoms with Crippen LogP contribution in [0.5, 0.6) is 0 Å². The second-order valence-electron chi connectivity index (χ2n) is 7.18. The Balaban J connectivity index is 0.00000243. The van der Waals surface area contributed by atoms with Crippen molar-refractivity contribution in [3.63, 3.8) is 0 Å². The number of hydrogen-bond donors (Lipinski definition) is 0. The fourth-order valence-corrected chi connectivity index (χ4v) is 3.67. The molecule has 1 aromatic heterocycles. The molecule has 144 valence electrons. The number of rotatable bonds is 5. The lowest BCUT2D eigenvalue weighted by Crippen LogP contribution is -3.00. The van der Waals surface area contributed by atoms with Crippen LogP contribution < -0.4 is 34.5 Å². The molecule has 0 bridgehead atoms. The lowest BCUT2D eigenvalue weighted by molar-refractivity contribution is -0.929. The molecule has 0 saturated carbocycles. The number of morpholine rings is 1. The summed E-state index contributed by atoms with van der Waals surface area (Å²) >= 11 is 0. The van der Waals surface area contributed by atoms with Gasteiger partial charge in [0.2, 0.25) is 0 Å². The average molecular weight is 472 g/mol. The molecule has 3 rings (SSSR count). The zero-order valence-electron chi connectivity index (χ0n) is 16.2. The van der Waals surface area contributed by atoms with E-state index in [2.05, 4.69) is 37.9 Å². The van der Waals surface area contributed by atoms with Crippen molar-refractivity contribution in [2.45, 2.75) is 27.3 Å². The molecule has 2 aromatic rings. The van der Waals surface area contributed by atoms with Gasteiger partial charge in [0.15, 0.2) is 0 Å². The highest BCUT2D eigenvalue weighted by Crippen LogP contribution is 2.26. The summed E-state index contributed by atoms with van der Waals surface area (Å²) in [4.78, 5) is 14.9. The van der Waals surface area contributed by atoms with Crippen LogP contribution in [-0.2, 0) is 11.3 Å². The number of halogens is 1. The maximum absolute atomic E-state index is 12.7. The van der Waals surface area contributed by atoms with Gasteiger partial charge in [-0.15, -0.1) is 0 Å². The van der Waals surface area contributed by atoms with E-state index >= 15 is 0 Å². The van der Waals surface area contributed by atoms with Gasteiger partial charge in [0.1, 0.15) is 25.2 Å². The highest BCUT2D eigenvalue weighted by molar-refractivity contribution is 5.84. The number of ether oxygens (including phenoxy) is 1. The quantitative estimate of drug-likeness (QED) is 0.347. The highest BCUT2D eigenvalue weighted by atomic mass is 127. The number of likely N-dealkylation sites (N-methyl/N-ethyl adjacent to an activating group) is 1. The zero-order chi connectivity index (χ0) is 18.0. The van der Waals surface area contributed by atoms with Crippen molar-refractivity contribution >= 4 is 16.7 Å². The van der Waals surface area contributed by atoms with E-state index in [0.717, 1.165) is 66.1 Å². The van der Waals surface area contributed by atoms with Gasteiger partial charge in [0.05, 0.1) is 25.8 Å². The molecule has 1 saturated heterocycles. The first kappa shape index (κ1) is 21.2. The van der Waals surface area contributed by atoms with Crippen LogP contribution in [0.3, 0.4) is 0 Å². The van der Waals surface area contributed by atoms with Gasteiger partial charge >= 0.3 is 5.63 Å². The molecular weight excluding hydrogens is 443 g/mol. The monoisotopic (exact) mass is 472 g/mol. The predicted molar refractivity (Wildman–Crippen MR) is 101 cm³/mol. The summed E-state index contributed by atoms with van der Waals surface area (Å²) in [7, 11) is 2.19. The molecule has 2 heterocycles. The molecule has 1 aliphatic heterocycles. The van der Waals surface area contributed by atoms with Crippen LogP contribution >= 0.6 is 0 Å². The molecule has 26 heavy (non-hydrogen) atoms. The Morgan fingerprint density at radius 3 is 2.42 bits per heavy atom. The maximum atomic E-state index is 12.7. The molecule has 6 heteroatoms. The SMILES string of the molecule is CCN(CC)c1ccc2c(C)c(C[N+]3(C)CCOCC3)c(=O)oc2c1.[I-]. The third-order valence-electron chi connectivity index (χ3n) is 5.49. The Kier molecular flexibility index (Phi) is 7.10. The normalized spacial score (nSPS) is 16.3. The Morgan fingerprint density at radius 2 is 1.81 bits per heavy atom. The first-order chi connectivity index (χ1) is 12.0. The van der Waals surface area contributed by atoms with E-state index < -0.39 is 0 Å². The van der Waals surface area contributed by atoms with Gasteiger partial charge < -0.3 is 42.5 Å². The lowest BCUT2D eigenvalue weighted by Gasteiger charge is -2.37. The zero-order valence-corrected chi connectivity index (χ0v) is 18.3. The van der Waals surface area contributed by atoms with Gasteiger partial charge in [0.25, 0.3) is 0 Å². The maximum Gasteiger partial charge on any atom is 0.345 e. The Hall–Kier alpha value is -1.12. The van der Waals surface area contributed by atoms with Crippen molar-refractivity contribution in [3.8, 4) is 0 Å². The molecule has 1 aliphatic rings. The first-order valence-corrected chi connectivity index (χ1v) is 9.20. The molecule has 0 amide bonds. The molecule has 5 nitrogen and oxygen atoms in total. The van der Waals surface area contributed by atoms with Crippen LogP contribution in [0.2, 0.25) is 0 Å². The average Bonchev–Trinajstić information content (AvgIpc) is 2.60. The topological polar surface area (TPSA) is 42.7 Å². The van der Waals surface area contributed by atoms with E-state index in [0.29, 0.717) is 12.1 Å². The van der Waals surface area contributed by atoms with E-state index in [9.17, 15) is 4.79 Å². The third-order valence-corrected chi connectivity index (χ3v) is 5.49. The number of fused-ring (bicyclic) bond motifs is 1. The molecule has 0 atom stereocenters. The summed E-state index contributed by atoms with van der Waals surface area (Å²) in [5.41, 5.74) is 3.42. The van der Waals surface area contributed by atoms with Crippen LogP contribution in [-0.4, -0.2) is 50.9 Å². The Morgan fingerprint density at radius 1 is 1.15 bits per heavy atom. The predicted octanol–water partition coefficient (Wildman–Crippen LogP) is -0.0716. The summed E-state index contributed by atoms with van der Waals surface area (Å²) in [6.07, 6.45) is 0. The van der Waals surface area contributed by atoms with E-state index in [4.69, 9.17) is 9.15 Å². The molecule has 0 aliphatic carbocycles. The minimum Gasteiger partial charge on any atom is -1.00 e. The summed E-state index contributed by atoms with van der Waals surface area (Å²) < 4.78 is 12.0. The summed E-state index contributed by atoms with van der Waals surface area (Å²) in [5.74, 6) is 0. The fourth-order valence-electron chi connectivity index (χ4n) is 3.67. The van der Waals surface area contributed by atoms with Gasteiger partial charge in [-0.2, -0.15) is 0 Å². The highest BCUT2D eigenvalue weighted by Gasteiger charge is 2.28. The lowest BCUT2D eigenvalue weighted by atomic mass is 10.0. The van der Waals surface area contributed by atoms with Gasteiger partial charge in [-0.3, -0.25) is 0 Å². The second-order valence-corrected chi connectivity index (χ2v) is 7.18. The van der Waals surface area contributed by atoms with Gasteiger partial charge in [-0.05, 0) is 38.5 Å². The molecule has 0 N–H and O–H groups in total. The van der Waals surface area contributed by atoms with Crippen molar-refractivity contribution in [1.29, 1.82) is 0 Å². The smallest absolute Gasteiger partial charge is 0.345 e. The van der Waals surface area contributed by atoms with Gasteiger partial charge in [0, 0.05) is 30.2 Å². The molecule has 1 aromatic carbocycles. The number of quaternary nitrogens is 1. The largest absolute Gasteiger partial charge is 1.00 e. The van der Waals surface area contributed by atoms with Crippen LogP contribution in [0.1, 0.15) is 25.0 Å². The number of nitrogens with zero attached hydrogens (tertiary/aromatic N) is 2. The minimum absolute atomic E-state index is 0. The van der Waals surface area contributed by atoms with Crippen LogP contribution in [0.15, 0.2) is 27.4 Å². The third kappa shape index (κ3) is 4.23. The molecule has 0 radical (unpaired) electrons. The van der Waals surface area contributed by atoms with E-state index in [1.54, 1.807) is 0 Å². The van der Waals surface area contributed by atoms with Crippen LogP contribution in [0.4, 0.5) is 5.69 Å². The molecule has 1 fully saturated rings. The van der Waals surface area contributed by atoms with Crippen molar-refractivity contribution in [2.75, 3.05) is 51.3 Å². The first-order valence-electron chi connectivity index (χ1n) is 9.20. The number of anilines is 1.